The van der Waals surface area contributed by atoms with E-state index < -0.39 is 0 Å². The van der Waals surface area contributed by atoms with E-state index in [-0.39, 0.29) is 6.10 Å². The topological polar surface area (TPSA) is 47.5 Å². The Morgan fingerprint density at radius 2 is 2.31 bits per heavy atom. The highest BCUT2D eigenvalue weighted by Gasteiger charge is 2.23. The lowest BCUT2D eigenvalue weighted by Crippen LogP contribution is -2.04. The Hall–Kier alpha value is -1.46. The number of epoxide rings is 1. The van der Waals surface area contributed by atoms with Crippen molar-refractivity contribution in [1.29, 1.82) is 0 Å². The van der Waals surface area contributed by atoms with Crippen LogP contribution in [-0.2, 0) is 4.74 Å². The van der Waals surface area contributed by atoms with Gasteiger partial charge in [-0.15, -0.1) is 5.10 Å². The van der Waals surface area contributed by atoms with Gasteiger partial charge in [-0.05, 0) is 23.7 Å². The van der Waals surface area contributed by atoms with E-state index in [2.05, 4.69) is 9.59 Å². The van der Waals surface area contributed by atoms with Gasteiger partial charge in [-0.3, -0.25) is 0 Å². The van der Waals surface area contributed by atoms with Gasteiger partial charge in [0.25, 0.3) is 0 Å². The molecule has 1 aromatic carbocycles. The van der Waals surface area contributed by atoms with E-state index >= 15 is 0 Å². The number of ether oxygens (including phenoxy) is 2. The molecule has 1 aliphatic rings. The molecule has 0 amide bonds. The lowest BCUT2D eigenvalue weighted by Gasteiger charge is -2.07. The van der Waals surface area contributed by atoms with Crippen molar-refractivity contribution in [3.05, 3.63) is 29.6 Å². The standard InChI is InChI=1S/C11H10N2O2S/c1-2-4-11(15-6-8-5-14-8)9(3-1)10-7-16-13-12-10/h1-4,7-8H,5-6H2/t8-/m0/s1. The number of benzene rings is 1. The predicted octanol–water partition coefficient (Wildman–Crippen LogP) is 1.98. The van der Waals surface area contributed by atoms with Crippen molar-refractivity contribution in [2.75, 3.05) is 13.2 Å². The van der Waals surface area contributed by atoms with Crippen LogP contribution in [0.3, 0.4) is 0 Å². The summed E-state index contributed by atoms with van der Waals surface area (Å²) in [5, 5.41) is 5.96. The van der Waals surface area contributed by atoms with Gasteiger partial charge in [0.2, 0.25) is 0 Å². The van der Waals surface area contributed by atoms with Gasteiger partial charge in [0.1, 0.15) is 24.2 Å². The average Bonchev–Trinajstić information content (AvgIpc) is 3.00. The molecule has 0 radical (unpaired) electrons. The molecule has 4 nitrogen and oxygen atoms in total. The van der Waals surface area contributed by atoms with Crippen LogP contribution in [0.15, 0.2) is 29.6 Å². The summed E-state index contributed by atoms with van der Waals surface area (Å²) in [7, 11) is 0. The molecule has 0 aliphatic carbocycles. The van der Waals surface area contributed by atoms with Gasteiger partial charge in [-0.25, -0.2) is 0 Å². The van der Waals surface area contributed by atoms with Crippen molar-refractivity contribution in [2.24, 2.45) is 0 Å². The molecule has 0 bridgehead atoms. The lowest BCUT2D eigenvalue weighted by atomic mass is 10.1. The van der Waals surface area contributed by atoms with Crippen LogP contribution < -0.4 is 4.74 Å². The van der Waals surface area contributed by atoms with Crippen molar-refractivity contribution in [1.82, 2.24) is 9.59 Å². The molecule has 5 heteroatoms. The number of aromatic nitrogens is 2. The van der Waals surface area contributed by atoms with Gasteiger partial charge in [-0.2, -0.15) is 0 Å². The maximum Gasteiger partial charge on any atom is 0.128 e. The van der Waals surface area contributed by atoms with Crippen molar-refractivity contribution in [3.8, 4) is 17.0 Å². The molecule has 1 aliphatic heterocycles. The highest BCUT2D eigenvalue weighted by atomic mass is 32.1. The minimum absolute atomic E-state index is 0.265. The zero-order valence-electron chi connectivity index (χ0n) is 8.50. The van der Waals surface area contributed by atoms with Gasteiger partial charge in [-0.1, -0.05) is 16.6 Å². The Bertz CT molecular complexity index is 469. The molecule has 1 atom stereocenters. The first-order valence-electron chi connectivity index (χ1n) is 5.04. The molecule has 16 heavy (non-hydrogen) atoms. The first-order valence-corrected chi connectivity index (χ1v) is 5.88. The second-order valence-corrected chi connectivity index (χ2v) is 4.16. The van der Waals surface area contributed by atoms with Gasteiger partial charge < -0.3 is 9.47 Å². The van der Waals surface area contributed by atoms with Crippen LogP contribution >= 0.6 is 11.5 Å². The molecule has 2 aromatic rings. The number of hydrogen-bond acceptors (Lipinski definition) is 5. The van der Waals surface area contributed by atoms with Crippen LogP contribution in [0.5, 0.6) is 5.75 Å². The van der Waals surface area contributed by atoms with Crippen molar-refractivity contribution in [3.63, 3.8) is 0 Å². The second-order valence-electron chi connectivity index (χ2n) is 3.55. The first kappa shape index (κ1) is 9.74. The van der Waals surface area contributed by atoms with Crippen molar-refractivity contribution >= 4 is 11.5 Å². The molecular weight excluding hydrogens is 224 g/mol. The summed E-state index contributed by atoms with van der Waals surface area (Å²) >= 11 is 1.34. The highest BCUT2D eigenvalue weighted by molar-refractivity contribution is 7.03. The minimum atomic E-state index is 0.265. The number of para-hydroxylation sites is 1. The van der Waals surface area contributed by atoms with Crippen LogP contribution in [0.25, 0.3) is 11.3 Å². The highest BCUT2D eigenvalue weighted by Crippen LogP contribution is 2.29. The molecule has 0 spiro atoms. The van der Waals surface area contributed by atoms with E-state index in [1.54, 1.807) is 0 Å². The van der Waals surface area contributed by atoms with Gasteiger partial charge in [0, 0.05) is 10.9 Å². The first-order chi connectivity index (χ1) is 7.93. The summed E-state index contributed by atoms with van der Waals surface area (Å²) in [6.45, 7) is 1.41. The van der Waals surface area contributed by atoms with E-state index in [0.717, 1.165) is 23.6 Å². The Morgan fingerprint density at radius 3 is 3.06 bits per heavy atom. The van der Waals surface area contributed by atoms with Crippen LogP contribution in [0, 0.1) is 0 Å². The molecule has 0 saturated carbocycles. The Balaban J connectivity index is 1.85. The largest absolute Gasteiger partial charge is 0.490 e. The van der Waals surface area contributed by atoms with Gasteiger partial charge >= 0.3 is 0 Å². The molecular formula is C11H10N2O2S. The quantitative estimate of drug-likeness (QED) is 0.759. The van der Waals surface area contributed by atoms with Gasteiger partial charge in [0.05, 0.1) is 6.61 Å². The second kappa shape index (κ2) is 4.19. The third-order valence-electron chi connectivity index (χ3n) is 2.35. The van der Waals surface area contributed by atoms with Crippen molar-refractivity contribution in [2.45, 2.75) is 6.10 Å². The molecule has 0 unspecified atom stereocenters. The maximum absolute atomic E-state index is 5.70. The smallest absolute Gasteiger partial charge is 0.128 e. The molecule has 1 saturated heterocycles. The normalized spacial score (nSPS) is 18.4. The van der Waals surface area contributed by atoms with Crippen LogP contribution in [0.1, 0.15) is 0 Å². The fourth-order valence-electron chi connectivity index (χ4n) is 1.43. The Kier molecular flexibility index (Phi) is 2.55. The Labute approximate surface area is 97.0 Å². The predicted molar refractivity (Wildman–Crippen MR) is 60.6 cm³/mol. The molecule has 1 aromatic heterocycles. The maximum atomic E-state index is 5.70. The number of nitrogens with zero attached hydrogens (tertiary/aromatic N) is 2. The van der Waals surface area contributed by atoms with Crippen molar-refractivity contribution < 1.29 is 9.47 Å². The van der Waals surface area contributed by atoms with Gasteiger partial charge in [0.15, 0.2) is 0 Å². The van der Waals surface area contributed by atoms with E-state index in [0.29, 0.717) is 6.61 Å². The summed E-state index contributed by atoms with van der Waals surface area (Å²) < 4.78 is 14.7. The molecule has 1 fully saturated rings. The SMILES string of the molecule is c1ccc(-c2csnn2)c(OC[C@@H]2CO2)c1. The lowest BCUT2D eigenvalue weighted by molar-refractivity contribution is 0.264. The number of hydrogen-bond donors (Lipinski definition) is 0. The average molecular weight is 234 g/mol. The molecule has 3 rings (SSSR count). The van der Waals surface area contributed by atoms with Crippen LogP contribution in [0.2, 0.25) is 0 Å². The minimum Gasteiger partial charge on any atom is -0.490 e. The molecule has 82 valence electrons. The van der Waals surface area contributed by atoms with E-state index in [1.165, 1.54) is 11.5 Å². The summed E-state index contributed by atoms with van der Waals surface area (Å²) in [5.74, 6) is 0.839. The molecule has 2 heterocycles. The Morgan fingerprint density at radius 1 is 1.44 bits per heavy atom. The fraction of sp³-hybridized carbons (Fsp3) is 0.273. The third kappa shape index (κ3) is 2.05. The summed E-state index contributed by atoms with van der Waals surface area (Å²) in [6, 6.07) is 7.85. The van der Waals surface area contributed by atoms with Crippen LogP contribution in [-0.4, -0.2) is 28.9 Å². The zero-order valence-corrected chi connectivity index (χ0v) is 9.31. The van der Waals surface area contributed by atoms with E-state index in [4.69, 9.17) is 9.47 Å². The fourth-order valence-corrected chi connectivity index (χ4v) is 1.89. The number of rotatable bonds is 4. The summed E-state index contributed by atoms with van der Waals surface area (Å²) in [5.41, 5.74) is 1.84. The molecule has 0 N–H and O–H groups in total. The summed E-state index contributed by atoms with van der Waals surface area (Å²) in [4.78, 5) is 0. The third-order valence-corrected chi connectivity index (χ3v) is 2.85. The zero-order chi connectivity index (χ0) is 10.8. The monoisotopic (exact) mass is 234 g/mol. The summed E-state index contributed by atoms with van der Waals surface area (Å²) in [6.07, 6.45) is 0.265. The van der Waals surface area contributed by atoms with E-state index in [1.807, 2.05) is 29.6 Å². The van der Waals surface area contributed by atoms with Crippen LogP contribution in [0.4, 0.5) is 0 Å². The van der Waals surface area contributed by atoms with E-state index in [9.17, 15) is 0 Å².